The Morgan fingerprint density at radius 2 is 1.81 bits per heavy atom. The predicted molar refractivity (Wildman–Crippen MR) is 163 cm³/mol. The Bertz CT molecular complexity index is 1430. The summed E-state index contributed by atoms with van der Waals surface area (Å²) in [7, 11) is 0. The first-order valence-corrected chi connectivity index (χ1v) is 15.3. The topological polar surface area (TPSA) is 150 Å². The number of hydrogen-bond acceptors (Lipinski definition) is 9. The van der Waals surface area contributed by atoms with Crippen LogP contribution in [0.25, 0.3) is 11.2 Å². The largest absolute Gasteiger partial charge is 0.382 e. The molecule has 12 nitrogen and oxygen atoms in total. The van der Waals surface area contributed by atoms with Crippen molar-refractivity contribution in [2.45, 2.75) is 102 Å². The van der Waals surface area contributed by atoms with E-state index in [2.05, 4.69) is 63.8 Å². The number of aromatic nitrogens is 4. The number of benzene rings is 1. The van der Waals surface area contributed by atoms with Crippen molar-refractivity contribution in [1.29, 1.82) is 0 Å². The van der Waals surface area contributed by atoms with Gasteiger partial charge in [0, 0.05) is 18.3 Å². The van der Waals surface area contributed by atoms with Crippen LogP contribution in [0.4, 0.5) is 16.3 Å². The molecule has 0 radical (unpaired) electrons. The van der Waals surface area contributed by atoms with Crippen molar-refractivity contribution >= 4 is 28.7 Å². The van der Waals surface area contributed by atoms with Crippen LogP contribution in [0.3, 0.4) is 0 Å². The highest BCUT2D eigenvalue weighted by molar-refractivity contribution is 5.89. The number of urea groups is 1. The van der Waals surface area contributed by atoms with Crippen molar-refractivity contribution in [2.24, 2.45) is 5.92 Å². The standard InChI is InChI=1S/C31H44N8O4/c1-30(2,3)19-7-9-20(10-8-19)38-29(40)34-12-6-11-33-21-13-18(14-21)15-22-24-25(43-31(4,5)42-24)28(41-22)39-17-37-23-26(32)35-16-36-27(23)39/h7-10,16-18,21-22,24-25,28,33H,6,11-15H2,1-5H3,(H2,32,35,36)(H2,34,38,40)/t18?,21?,22-,24-,25-,28-/m1/s1. The monoisotopic (exact) mass is 592 g/mol. The third-order valence-corrected chi connectivity index (χ3v) is 8.67. The number of carbonyl (C=O) groups excluding carboxylic acids is 1. The van der Waals surface area contributed by atoms with E-state index in [-0.39, 0.29) is 29.8 Å². The van der Waals surface area contributed by atoms with Gasteiger partial charge in [-0.15, -0.1) is 0 Å². The van der Waals surface area contributed by atoms with Crippen LogP contribution < -0.4 is 21.7 Å². The Morgan fingerprint density at radius 3 is 2.56 bits per heavy atom. The summed E-state index contributed by atoms with van der Waals surface area (Å²) in [6.45, 7) is 11.9. The SMILES string of the molecule is CC1(C)O[C@@H]2[C@H](O1)[C@@H](CC1CC(NCCCNC(=O)Nc3ccc(C(C)(C)C)cc3)C1)O[C@H]2n1cnc2c(N)ncnc21. The molecule has 0 spiro atoms. The zero-order valence-electron chi connectivity index (χ0n) is 25.7. The molecule has 2 saturated heterocycles. The highest BCUT2D eigenvalue weighted by Gasteiger charge is 2.56. The second-order valence-corrected chi connectivity index (χ2v) is 13.5. The summed E-state index contributed by atoms with van der Waals surface area (Å²) in [6.07, 6.45) is 6.14. The summed E-state index contributed by atoms with van der Waals surface area (Å²) in [5, 5.41) is 9.48. The molecule has 6 rings (SSSR count). The first-order valence-electron chi connectivity index (χ1n) is 15.3. The van der Waals surface area contributed by atoms with Gasteiger partial charge in [0.25, 0.3) is 0 Å². The molecule has 1 saturated carbocycles. The number of hydrogen-bond donors (Lipinski definition) is 4. The van der Waals surface area contributed by atoms with E-state index in [0.717, 1.165) is 37.9 Å². The highest BCUT2D eigenvalue weighted by atomic mass is 16.8. The third kappa shape index (κ3) is 6.47. The molecule has 12 heteroatoms. The number of nitrogens with one attached hydrogen (secondary N) is 3. The quantitative estimate of drug-likeness (QED) is 0.269. The Kier molecular flexibility index (Phi) is 8.05. The van der Waals surface area contributed by atoms with Crippen molar-refractivity contribution < 1.29 is 19.0 Å². The molecule has 2 aromatic heterocycles. The summed E-state index contributed by atoms with van der Waals surface area (Å²) in [5.41, 5.74) is 9.31. The predicted octanol–water partition coefficient (Wildman–Crippen LogP) is 4.09. The van der Waals surface area contributed by atoms with E-state index in [0.29, 0.717) is 35.5 Å². The molecule has 1 aromatic carbocycles. The second-order valence-electron chi connectivity index (χ2n) is 13.5. The molecule has 0 bridgehead atoms. The molecule has 4 atom stereocenters. The molecule has 2 aliphatic heterocycles. The Morgan fingerprint density at radius 1 is 1.07 bits per heavy atom. The maximum atomic E-state index is 12.3. The molecule has 3 fully saturated rings. The average molecular weight is 593 g/mol. The smallest absolute Gasteiger partial charge is 0.319 e. The number of amides is 2. The zero-order valence-corrected chi connectivity index (χ0v) is 25.7. The lowest BCUT2D eigenvalue weighted by molar-refractivity contribution is -0.198. The molecular formula is C31H44N8O4. The lowest BCUT2D eigenvalue weighted by Gasteiger charge is -2.38. The number of nitrogens with zero attached hydrogens (tertiary/aromatic N) is 4. The minimum atomic E-state index is -0.689. The van der Waals surface area contributed by atoms with E-state index in [1.54, 1.807) is 6.33 Å². The van der Waals surface area contributed by atoms with E-state index in [1.165, 1.54) is 11.9 Å². The van der Waals surface area contributed by atoms with Crippen molar-refractivity contribution in [3.05, 3.63) is 42.5 Å². The number of ether oxygens (including phenoxy) is 3. The number of anilines is 2. The fraction of sp³-hybridized carbons (Fsp3) is 0.613. The number of fused-ring (bicyclic) bond motifs is 2. The molecule has 3 aromatic rings. The van der Waals surface area contributed by atoms with Gasteiger partial charge in [0.05, 0.1) is 12.4 Å². The van der Waals surface area contributed by atoms with Crippen LogP contribution in [-0.2, 0) is 19.6 Å². The Labute approximate surface area is 252 Å². The van der Waals surface area contributed by atoms with Crippen molar-refractivity contribution in [1.82, 2.24) is 30.2 Å². The number of carbonyl (C=O) groups is 1. The number of nitrogen functional groups attached to an aromatic ring is 1. The third-order valence-electron chi connectivity index (χ3n) is 8.67. The lowest BCUT2D eigenvalue weighted by atomic mass is 9.76. The summed E-state index contributed by atoms with van der Waals surface area (Å²) in [6, 6.07) is 8.31. The Balaban J connectivity index is 0.924. The molecule has 5 N–H and O–H groups in total. The van der Waals surface area contributed by atoms with E-state index in [9.17, 15) is 4.79 Å². The van der Waals surface area contributed by atoms with E-state index >= 15 is 0 Å². The van der Waals surface area contributed by atoms with Gasteiger partial charge in [0.2, 0.25) is 0 Å². The van der Waals surface area contributed by atoms with Crippen LogP contribution in [-0.4, -0.2) is 68.8 Å². The fourth-order valence-corrected chi connectivity index (χ4v) is 6.38. The molecule has 1 aliphatic carbocycles. The van der Waals surface area contributed by atoms with Gasteiger partial charge in [0.15, 0.2) is 23.5 Å². The van der Waals surface area contributed by atoms with Gasteiger partial charge in [-0.1, -0.05) is 32.9 Å². The van der Waals surface area contributed by atoms with Crippen LogP contribution in [0.2, 0.25) is 0 Å². The number of rotatable bonds is 9. The van der Waals surface area contributed by atoms with Crippen LogP contribution in [0.15, 0.2) is 36.9 Å². The van der Waals surface area contributed by atoms with Gasteiger partial charge < -0.3 is 35.9 Å². The highest BCUT2D eigenvalue weighted by Crippen LogP contribution is 2.47. The lowest BCUT2D eigenvalue weighted by Crippen LogP contribution is -2.44. The minimum Gasteiger partial charge on any atom is -0.382 e. The molecule has 232 valence electrons. The summed E-state index contributed by atoms with van der Waals surface area (Å²) >= 11 is 0. The fourth-order valence-electron chi connectivity index (χ4n) is 6.38. The van der Waals surface area contributed by atoms with Crippen molar-refractivity contribution in [2.75, 3.05) is 24.1 Å². The van der Waals surface area contributed by atoms with Gasteiger partial charge >= 0.3 is 6.03 Å². The van der Waals surface area contributed by atoms with Crippen LogP contribution >= 0.6 is 0 Å². The molecular weight excluding hydrogens is 548 g/mol. The maximum Gasteiger partial charge on any atom is 0.319 e. The first kappa shape index (κ1) is 29.7. The van der Waals surface area contributed by atoms with Crippen molar-refractivity contribution in [3.8, 4) is 0 Å². The van der Waals surface area contributed by atoms with E-state index in [4.69, 9.17) is 19.9 Å². The van der Waals surface area contributed by atoms with E-state index < -0.39 is 12.0 Å². The van der Waals surface area contributed by atoms with Crippen LogP contribution in [0, 0.1) is 5.92 Å². The van der Waals surface area contributed by atoms with Crippen molar-refractivity contribution in [3.63, 3.8) is 0 Å². The average Bonchev–Trinajstić information content (AvgIpc) is 3.58. The Hall–Kier alpha value is -3.32. The van der Waals surface area contributed by atoms with Gasteiger partial charge in [0.1, 0.15) is 24.1 Å². The molecule has 0 unspecified atom stereocenters. The second kappa shape index (κ2) is 11.6. The number of nitrogens with two attached hydrogens (primary N) is 1. The molecule has 2 amide bonds. The zero-order chi connectivity index (χ0) is 30.4. The first-order chi connectivity index (χ1) is 20.5. The summed E-state index contributed by atoms with van der Waals surface area (Å²) < 4.78 is 21.1. The van der Waals surface area contributed by atoms with Gasteiger partial charge in [-0.2, -0.15) is 0 Å². The molecule has 43 heavy (non-hydrogen) atoms. The van der Waals surface area contributed by atoms with Crippen LogP contribution in [0.5, 0.6) is 0 Å². The van der Waals surface area contributed by atoms with Crippen LogP contribution in [0.1, 0.15) is 72.1 Å². The maximum absolute atomic E-state index is 12.3. The van der Waals surface area contributed by atoms with Gasteiger partial charge in [-0.3, -0.25) is 4.57 Å². The normalized spacial score (nSPS) is 28.0. The van der Waals surface area contributed by atoms with Gasteiger partial charge in [-0.05, 0) is 75.1 Å². The summed E-state index contributed by atoms with van der Waals surface area (Å²) in [5.74, 6) is 0.193. The number of imidazole rings is 1. The summed E-state index contributed by atoms with van der Waals surface area (Å²) in [4.78, 5) is 25.1. The van der Waals surface area contributed by atoms with E-state index in [1.807, 2.05) is 30.5 Å². The minimum absolute atomic E-state index is 0.0871. The molecule has 4 heterocycles. The molecule has 3 aliphatic rings. The van der Waals surface area contributed by atoms with Gasteiger partial charge in [-0.25, -0.2) is 19.7 Å².